The van der Waals surface area contributed by atoms with Crippen molar-refractivity contribution in [2.45, 2.75) is 33.2 Å². The first-order valence-corrected chi connectivity index (χ1v) is 8.69. The molecular formula is C17H25BrN2O. The summed E-state index contributed by atoms with van der Waals surface area (Å²) in [5.41, 5.74) is 1.31. The molecule has 21 heavy (non-hydrogen) atoms. The summed E-state index contributed by atoms with van der Waals surface area (Å²) in [5.74, 6) is 0.504. The number of rotatable bonds is 5. The van der Waals surface area contributed by atoms with Gasteiger partial charge >= 0.3 is 0 Å². The number of likely N-dealkylation sites (tertiary alicyclic amines) is 1. The highest BCUT2D eigenvalue weighted by Gasteiger charge is 2.28. The second-order valence-electron chi connectivity index (χ2n) is 5.71. The van der Waals surface area contributed by atoms with E-state index in [1.807, 2.05) is 11.0 Å². The summed E-state index contributed by atoms with van der Waals surface area (Å²) in [5, 5.41) is 0. The molecule has 1 aromatic carbocycles. The lowest BCUT2D eigenvalue weighted by molar-refractivity contribution is -0.137. The van der Waals surface area contributed by atoms with Crippen LogP contribution in [-0.2, 0) is 11.3 Å². The number of carbonyl (C=O) groups excluding carboxylic acids is 1. The first kappa shape index (κ1) is 16.5. The van der Waals surface area contributed by atoms with E-state index in [2.05, 4.69) is 52.9 Å². The summed E-state index contributed by atoms with van der Waals surface area (Å²) in [4.78, 5) is 16.9. The quantitative estimate of drug-likeness (QED) is 0.809. The minimum Gasteiger partial charge on any atom is -0.343 e. The van der Waals surface area contributed by atoms with E-state index in [0.29, 0.717) is 5.91 Å². The van der Waals surface area contributed by atoms with Crippen molar-refractivity contribution in [2.75, 3.05) is 26.2 Å². The number of piperidine rings is 1. The Bertz CT molecular complexity index is 474. The molecule has 3 nitrogen and oxygen atoms in total. The van der Waals surface area contributed by atoms with E-state index in [9.17, 15) is 4.79 Å². The zero-order chi connectivity index (χ0) is 15.2. The molecule has 0 aliphatic carbocycles. The topological polar surface area (TPSA) is 23.6 Å². The molecule has 1 heterocycles. The van der Waals surface area contributed by atoms with Crippen molar-refractivity contribution in [1.29, 1.82) is 0 Å². The first-order valence-electron chi connectivity index (χ1n) is 7.89. The van der Waals surface area contributed by atoms with Crippen molar-refractivity contribution < 1.29 is 4.79 Å². The molecule has 1 aliphatic heterocycles. The standard InChI is InChI=1S/C17H25BrN2O/c1-3-20(4-2)17(21)15-8-6-10-19(13-15)12-14-7-5-9-16(18)11-14/h5,7,9,11,15H,3-4,6,8,10,12-13H2,1-2H3/t15-/m0/s1. The highest BCUT2D eigenvalue weighted by molar-refractivity contribution is 9.10. The summed E-state index contributed by atoms with van der Waals surface area (Å²) in [6.07, 6.45) is 2.15. The number of hydrogen-bond acceptors (Lipinski definition) is 2. The number of carbonyl (C=O) groups is 1. The summed E-state index contributed by atoms with van der Waals surface area (Å²) in [7, 11) is 0. The smallest absolute Gasteiger partial charge is 0.226 e. The van der Waals surface area contributed by atoms with Crippen LogP contribution in [-0.4, -0.2) is 41.9 Å². The Kier molecular flexibility index (Phi) is 6.24. The van der Waals surface area contributed by atoms with E-state index in [-0.39, 0.29) is 5.92 Å². The predicted molar refractivity (Wildman–Crippen MR) is 90.1 cm³/mol. The number of nitrogens with zero attached hydrogens (tertiary/aromatic N) is 2. The fourth-order valence-corrected chi connectivity index (χ4v) is 3.53. The van der Waals surface area contributed by atoms with Gasteiger partial charge in [-0.25, -0.2) is 0 Å². The summed E-state index contributed by atoms with van der Waals surface area (Å²) >= 11 is 3.52. The van der Waals surface area contributed by atoms with E-state index < -0.39 is 0 Å². The van der Waals surface area contributed by atoms with Crippen molar-refractivity contribution in [3.8, 4) is 0 Å². The van der Waals surface area contributed by atoms with Crippen LogP contribution < -0.4 is 0 Å². The van der Waals surface area contributed by atoms with Gasteiger partial charge in [0.2, 0.25) is 5.91 Å². The van der Waals surface area contributed by atoms with Crippen LogP contribution in [0.5, 0.6) is 0 Å². The van der Waals surface area contributed by atoms with E-state index in [1.54, 1.807) is 0 Å². The maximum atomic E-state index is 12.5. The van der Waals surface area contributed by atoms with Gasteiger partial charge in [0.25, 0.3) is 0 Å². The Hall–Kier alpha value is -0.870. The van der Waals surface area contributed by atoms with Crippen LogP contribution in [0.15, 0.2) is 28.7 Å². The first-order chi connectivity index (χ1) is 10.1. The Morgan fingerprint density at radius 3 is 2.81 bits per heavy atom. The fraction of sp³-hybridized carbons (Fsp3) is 0.588. The average Bonchev–Trinajstić information content (AvgIpc) is 2.48. The Balaban J connectivity index is 1.96. The molecule has 0 saturated carbocycles. The molecule has 0 bridgehead atoms. The zero-order valence-electron chi connectivity index (χ0n) is 13.0. The van der Waals surface area contributed by atoms with Gasteiger partial charge in [-0.2, -0.15) is 0 Å². The van der Waals surface area contributed by atoms with Crippen LogP contribution in [0.25, 0.3) is 0 Å². The van der Waals surface area contributed by atoms with Crippen LogP contribution in [0.1, 0.15) is 32.3 Å². The number of benzene rings is 1. The van der Waals surface area contributed by atoms with Crippen LogP contribution >= 0.6 is 15.9 Å². The molecule has 1 atom stereocenters. The third-order valence-electron chi connectivity index (χ3n) is 4.23. The summed E-state index contributed by atoms with van der Waals surface area (Å²) < 4.78 is 1.12. The molecular weight excluding hydrogens is 328 g/mol. The van der Waals surface area contributed by atoms with Crippen molar-refractivity contribution >= 4 is 21.8 Å². The zero-order valence-corrected chi connectivity index (χ0v) is 14.6. The normalized spacial score (nSPS) is 19.5. The van der Waals surface area contributed by atoms with Gasteiger partial charge in [-0.15, -0.1) is 0 Å². The van der Waals surface area contributed by atoms with Gasteiger partial charge in [-0.05, 0) is 50.9 Å². The Labute approximate surface area is 136 Å². The van der Waals surface area contributed by atoms with E-state index in [1.165, 1.54) is 5.56 Å². The molecule has 0 radical (unpaired) electrons. The minimum atomic E-state index is 0.172. The van der Waals surface area contributed by atoms with Crippen LogP contribution in [0.2, 0.25) is 0 Å². The van der Waals surface area contributed by atoms with Crippen molar-refractivity contribution in [1.82, 2.24) is 9.80 Å². The van der Waals surface area contributed by atoms with Gasteiger partial charge in [0, 0.05) is 30.7 Å². The molecule has 2 rings (SSSR count). The molecule has 0 spiro atoms. The van der Waals surface area contributed by atoms with Crippen LogP contribution in [0.3, 0.4) is 0 Å². The summed E-state index contributed by atoms with van der Waals surface area (Å²) in [6.45, 7) is 8.67. The molecule has 1 amide bonds. The van der Waals surface area contributed by atoms with Crippen molar-refractivity contribution in [3.63, 3.8) is 0 Å². The van der Waals surface area contributed by atoms with Crippen molar-refractivity contribution in [3.05, 3.63) is 34.3 Å². The summed E-state index contributed by atoms with van der Waals surface area (Å²) in [6, 6.07) is 8.44. The van der Waals surface area contributed by atoms with E-state index >= 15 is 0 Å². The minimum absolute atomic E-state index is 0.172. The Morgan fingerprint density at radius 1 is 1.38 bits per heavy atom. The van der Waals surface area contributed by atoms with Gasteiger partial charge in [0.15, 0.2) is 0 Å². The van der Waals surface area contributed by atoms with Crippen LogP contribution in [0, 0.1) is 5.92 Å². The molecule has 4 heteroatoms. The molecule has 0 aromatic heterocycles. The van der Waals surface area contributed by atoms with Gasteiger partial charge in [0.1, 0.15) is 0 Å². The second-order valence-corrected chi connectivity index (χ2v) is 6.63. The lowest BCUT2D eigenvalue weighted by atomic mass is 9.96. The SMILES string of the molecule is CCN(CC)C(=O)[C@H]1CCCN(Cc2cccc(Br)c2)C1. The number of halogens is 1. The van der Waals surface area contributed by atoms with Crippen molar-refractivity contribution in [2.24, 2.45) is 5.92 Å². The molecule has 0 unspecified atom stereocenters. The molecule has 0 N–H and O–H groups in total. The van der Waals surface area contributed by atoms with Crippen LogP contribution in [0.4, 0.5) is 0 Å². The maximum absolute atomic E-state index is 12.5. The molecule has 1 aliphatic rings. The monoisotopic (exact) mass is 352 g/mol. The highest BCUT2D eigenvalue weighted by atomic mass is 79.9. The molecule has 116 valence electrons. The number of amides is 1. The fourth-order valence-electron chi connectivity index (χ4n) is 3.09. The highest BCUT2D eigenvalue weighted by Crippen LogP contribution is 2.21. The van der Waals surface area contributed by atoms with Gasteiger partial charge in [-0.3, -0.25) is 9.69 Å². The van der Waals surface area contributed by atoms with E-state index in [0.717, 1.165) is 50.0 Å². The predicted octanol–water partition coefficient (Wildman–Crippen LogP) is 3.53. The molecule has 1 saturated heterocycles. The largest absolute Gasteiger partial charge is 0.343 e. The molecule has 1 fully saturated rings. The third kappa shape index (κ3) is 4.55. The lowest BCUT2D eigenvalue weighted by Gasteiger charge is -2.34. The maximum Gasteiger partial charge on any atom is 0.226 e. The van der Waals surface area contributed by atoms with Gasteiger partial charge < -0.3 is 4.90 Å². The average molecular weight is 353 g/mol. The second kappa shape index (κ2) is 7.95. The number of hydrogen-bond donors (Lipinski definition) is 0. The van der Waals surface area contributed by atoms with Gasteiger partial charge in [0.05, 0.1) is 5.92 Å². The van der Waals surface area contributed by atoms with E-state index in [4.69, 9.17) is 0 Å². The lowest BCUT2D eigenvalue weighted by Crippen LogP contribution is -2.44. The Morgan fingerprint density at radius 2 is 2.14 bits per heavy atom. The third-order valence-corrected chi connectivity index (χ3v) is 4.72. The molecule has 1 aromatic rings. The van der Waals surface area contributed by atoms with Gasteiger partial charge in [-0.1, -0.05) is 28.1 Å².